The van der Waals surface area contributed by atoms with E-state index in [0.29, 0.717) is 19.6 Å². The minimum Gasteiger partial charge on any atom is -0.478 e. The fourth-order valence-corrected chi connectivity index (χ4v) is 4.75. The summed E-state index contributed by atoms with van der Waals surface area (Å²) in [5.74, 6) is -1.11. The van der Waals surface area contributed by atoms with Crippen molar-refractivity contribution in [2.45, 2.75) is 30.2 Å². The van der Waals surface area contributed by atoms with E-state index in [4.69, 9.17) is 9.84 Å². The van der Waals surface area contributed by atoms with Gasteiger partial charge in [0.05, 0.1) is 22.6 Å². The highest BCUT2D eigenvalue weighted by Crippen LogP contribution is 2.26. The van der Waals surface area contributed by atoms with Crippen molar-refractivity contribution < 1.29 is 23.1 Å². The standard InChI is InChI=1S/C13H16BrNO5S/c1-13(5-2-6-20-8-13)15-21(18,19)11-4-3-9(12(16)17)7-10(11)14/h3-4,7,15H,2,5-6,8H2,1H3,(H,16,17). The third kappa shape index (κ3) is 3.82. The third-order valence-electron chi connectivity index (χ3n) is 3.29. The van der Waals surface area contributed by atoms with Crippen molar-refractivity contribution in [3.05, 3.63) is 28.2 Å². The second kappa shape index (κ2) is 6.04. The first kappa shape index (κ1) is 16.4. The summed E-state index contributed by atoms with van der Waals surface area (Å²) in [6, 6.07) is 3.82. The summed E-state index contributed by atoms with van der Waals surface area (Å²) in [5.41, 5.74) is -0.629. The lowest BCUT2D eigenvalue weighted by atomic mass is 9.97. The van der Waals surface area contributed by atoms with Gasteiger partial charge in [0.2, 0.25) is 10.0 Å². The molecule has 1 aromatic rings. The maximum Gasteiger partial charge on any atom is 0.335 e. The van der Waals surface area contributed by atoms with Gasteiger partial charge in [-0.15, -0.1) is 0 Å². The summed E-state index contributed by atoms with van der Waals surface area (Å²) in [4.78, 5) is 10.9. The Labute approximate surface area is 131 Å². The van der Waals surface area contributed by atoms with Crippen LogP contribution in [0.25, 0.3) is 0 Å². The van der Waals surface area contributed by atoms with Crippen LogP contribution in [0.5, 0.6) is 0 Å². The molecular weight excluding hydrogens is 362 g/mol. The molecule has 21 heavy (non-hydrogen) atoms. The van der Waals surface area contributed by atoms with Crippen LogP contribution in [0.1, 0.15) is 30.1 Å². The molecule has 1 aromatic carbocycles. The van der Waals surface area contributed by atoms with E-state index < -0.39 is 21.5 Å². The summed E-state index contributed by atoms with van der Waals surface area (Å²) in [7, 11) is -3.76. The summed E-state index contributed by atoms with van der Waals surface area (Å²) in [6.45, 7) is 2.74. The largest absolute Gasteiger partial charge is 0.478 e. The van der Waals surface area contributed by atoms with Crippen LogP contribution in [-0.4, -0.2) is 38.2 Å². The first-order valence-corrected chi connectivity index (χ1v) is 8.66. The van der Waals surface area contributed by atoms with Crippen molar-refractivity contribution in [1.82, 2.24) is 4.72 Å². The van der Waals surface area contributed by atoms with Gasteiger partial charge in [-0.3, -0.25) is 0 Å². The summed E-state index contributed by atoms with van der Waals surface area (Å²) in [6.07, 6.45) is 1.48. The van der Waals surface area contributed by atoms with Gasteiger partial charge >= 0.3 is 5.97 Å². The Balaban J connectivity index is 2.29. The van der Waals surface area contributed by atoms with Crippen molar-refractivity contribution in [3.63, 3.8) is 0 Å². The van der Waals surface area contributed by atoms with Crippen molar-refractivity contribution in [2.75, 3.05) is 13.2 Å². The van der Waals surface area contributed by atoms with E-state index in [-0.39, 0.29) is 14.9 Å². The predicted molar refractivity (Wildman–Crippen MR) is 79.9 cm³/mol. The lowest BCUT2D eigenvalue weighted by Crippen LogP contribution is -2.51. The molecule has 0 spiro atoms. The highest BCUT2D eigenvalue weighted by Gasteiger charge is 2.33. The monoisotopic (exact) mass is 377 g/mol. The molecule has 0 radical (unpaired) electrons. The van der Waals surface area contributed by atoms with Crippen LogP contribution in [0.2, 0.25) is 0 Å². The third-order valence-corrected chi connectivity index (χ3v) is 5.90. The fraction of sp³-hybridized carbons (Fsp3) is 0.462. The predicted octanol–water partition coefficient (Wildman–Crippen LogP) is 1.99. The molecule has 1 fully saturated rings. The highest BCUT2D eigenvalue weighted by molar-refractivity contribution is 9.10. The number of carboxylic acid groups (broad SMARTS) is 1. The van der Waals surface area contributed by atoms with E-state index in [2.05, 4.69) is 20.7 Å². The Kier molecular flexibility index (Phi) is 4.72. The van der Waals surface area contributed by atoms with Crippen LogP contribution in [0.4, 0.5) is 0 Å². The molecule has 0 aliphatic carbocycles. The van der Waals surface area contributed by atoms with Crippen molar-refractivity contribution in [2.24, 2.45) is 0 Å². The molecular formula is C13H16BrNO5S. The zero-order valence-corrected chi connectivity index (χ0v) is 13.8. The topological polar surface area (TPSA) is 92.7 Å². The van der Waals surface area contributed by atoms with E-state index in [1.54, 1.807) is 6.92 Å². The number of hydrogen-bond donors (Lipinski definition) is 2. The number of ether oxygens (including phenoxy) is 1. The first-order chi connectivity index (χ1) is 9.73. The molecule has 0 amide bonds. The molecule has 0 aromatic heterocycles. The van der Waals surface area contributed by atoms with Crippen molar-refractivity contribution >= 4 is 31.9 Å². The van der Waals surface area contributed by atoms with Crippen LogP contribution in [0, 0.1) is 0 Å². The fourth-order valence-electron chi connectivity index (χ4n) is 2.25. The number of sulfonamides is 1. The highest BCUT2D eigenvalue weighted by atomic mass is 79.9. The molecule has 1 heterocycles. The minimum atomic E-state index is -3.76. The minimum absolute atomic E-state index is 0.0132. The average Bonchev–Trinajstić information content (AvgIpc) is 2.37. The van der Waals surface area contributed by atoms with Gasteiger partial charge in [0, 0.05) is 11.1 Å². The second-order valence-electron chi connectivity index (χ2n) is 5.27. The van der Waals surface area contributed by atoms with Crippen LogP contribution < -0.4 is 4.72 Å². The van der Waals surface area contributed by atoms with Gasteiger partial charge in [0.25, 0.3) is 0 Å². The van der Waals surface area contributed by atoms with E-state index in [0.717, 1.165) is 6.42 Å². The van der Waals surface area contributed by atoms with E-state index in [9.17, 15) is 13.2 Å². The number of halogens is 1. The Morgan fingerprint density at radius 2 is 2.19 bits per heavy atom. The zero-order chi connectivity index (χ0) is 15.7. The van der Waals surface area contributed by atoms with Crippen molar-refractivity contribution in [1.29, 1.82) is 0 Å². The van der Waals surface area contributed by atoms with Gasteiger partial charge in [-0.25, -0.2) is 17.9 Å². The van der Waals surface area contributed by atoms with Crippen LogP contribution in [0.15, 0.2) is 27.6 Å². The molecule has 2 N–H and O–H groups in total. The molecule has 1 saturated heterocycles. The molecule has 0 saturated carbocycles. The number of carboxylic acids is 1. The SMILES string of the molecule is CC1(NS(=O)(=O)c2ccc(C(=O)O)cc2Br)CCCOC1. The molecule has 1 aliphatic rings. The zero-order valence-electron chi connectivity index (χ0n) is 11.4. The summed E-state index contributed by atoms with van der Waals surface area (Å²) in [5, 5.41) is 8.90. The van der Waals surface area contributed by atoms with Gasteiger partial charge in [0.15, 0.2) is 0 Å². The van der Waals surface area contributed by atoms with E-state index in [1.807, 2.05) is 0 Å². The quantitative estimate of drug-likeness (QED) is 0.836. The summed E-state index contributed by atoms with van der Waals surface area (Å²) < 4.78 is 33.1. The van der Waals surface area contributed by atoms with Crippen LogP contribution in [0.3, 0.4) is 0 Å². The van der Waals surface area contributed by atoms with Gasteiger partial charge in [0.1, 0.15) is 0 Å². The maximum atomic E-state index is 12.5. The molecule has 0 bridgehead atoms. The van der Waals surface area contributed by atoms with Gasteiger partial charge < -0.3 is 9.84 Å². The molecule has 2 rings (SSSR count). The first-order valence-electron chi connectivity index (χ1n) is 6.38. The second-order valence-corrected chi connectivity index (χ2v) is 7.78. The normalized spacial score (nSPS) is 23.0. The van der Waals surface area contributed by atoms with Crippen molar-refractivity contribution in [3.8, 4) is 0 Å². The number of nitrogens with one attached hydrogen (secondary N) is 1. The van der Waals surface area contributed by atoms with E-state index in [1.165, 1.54) is 18.2 Å². The molecule has 1 aliphatic heterocycles. The number of hydrogen-bond acceptors (Lipinski definition) is 4. The molecule has 116 valence electrons. The lowest BCUT2D eigenvalue weighted by molar-refractivity contribution is 0.0386. The molecule has 1 unspecified atom stereocenters. The molecule has 1 atom stereocenters. The average molecular weight is 378 g/mol. The van der Waals surface area contributed by atoms with Crippen LogP contribution >= 0.6 is 15.9 Å². The van der Waals surface area contributed by atoms with Gasteiger partial charge in [-0.2, -0.15) is 0 Å². The number of carbonyl (C=O) groups is 1. The smallest absolute Gasteiger partial charge is 0.335 e. The Bertz CT molecular complexity index is 653. The summed E-state index contributed by atoms with van der Waals surface area (Å²) >= 11 is 3.12. The van der Waals surface area contributed by atoms with E-state index >= 15 is 0 Å². The Morgan fingerprint density at radius 3 is 2.71 bits per heavy atom. The lowest BCUT2D eigenvalue weighted by Gasteiger charge is -2.33. The van der Waals surface area contributed by atoms with Crippen LogP contribution in [-0.2, 0) is 14.8 Å². The number of benzene rings is 1. The maximum absolute atomic E-state index is 12.5. The van der Waals surface area contributed by atoms with Gasteiger partial charge in [-0.05, 0) is 53.9 Å². The Hall–Kier alpha value is -0.960. The Morgan fingerprint density at radius 1 is 1.48 bits per heavy atom. The number of aromatic carboxylic acids is 1. The van der Waals surface area contributed by atoms with Gasteiger partial charge in [-0.1, -0.05) is 0 Å². The number of rotatable bonds is 4. The molecule has 8 heteroatoms. The molecule has 6 nitrogen and oxygen atoms in total.